The fraction of sp³-hybridized carbons (Fsp3) is 0.442. The van der Waals surface area contributed by atoms with Gasteiger partial charge in [-0.25, -0.2) is 9.37 Å². The van der Waals surface area contributed by atoms with E-state index in [0.29, 0.717) is 46.7 Å². The van der Waals surface area contributed by atoms with Crippen LogP contribution in [-0.2, 0) is 10.2 Å². The summed E-state index contributed by atoms with van der Waals surface area (Å²) in [6, 6.07) is 20.7. The van der Waals surface area contributed by atoms with Gasteiger partial charge in [0.1, 0.15) is 11.6 Å². The van der Waals surface area contributed by atoms with Crippen LogP contribution in [0.25, 0.3) is 0 Å². The topological polar surface area (TPSA) is 138 Å². The predicted octanol–water partition coefficient (Wildman–Crippen LogP) is 6.94. The Hall–Kier alpha value is -3.59. The van der Waals surface area contributed by atoms with Gasteiger partial charge in [0.25, 0.3) is 0 Å². The van der Waals surface area contributed by atoms with E-state index in [1.54, 1.807) is 90.7 Å². The first-order chi connectivity index (χ1) is 27.4. The van der Waals surface area contributed by atoms with E-state index in [2.05, 4.69) is 15.6 Å². The van der Waals surface area contributed by atoms with Gasteiger partial charge in [-0.3, -0.25) is 23.8 Å². The number of aromatic nitrogens is 1. The minimum atomic E-state index is -1.88. The van der Waals surface area contributed by atoms with Crippen molar-refractivity contribution >= 4 is 34.8 Å². The van der Waals surface area contributed by atoms with E-state index < -0.39 is 95.7 Å². The second kappa shape index (κ2) is 16.6. The molecule has 3 aromatic carbocycles. The van der Waals surface area contributed by atoms with Gasteiger partial charge in [0.05, 0.1) is 44.2 Å². The Kier molecular flexibility index (Phi) is 12.1. The van der Waals surface area contributed by atoms with Crippen LogP contribution in [0.5, 0.6) is 0 Å². The van der Waals surface area contributed by atoms with Crippen molar-refractivity contribution in [1.29, 1.82) is 0 Å². The maximum Gasteiger partial charge on any atom is 0.237 e. The van der Waals surface area contributed by atoms with Crippen molar-refractivity contribution in [2.45, 2.75) is 92.5 Å². The second-order valence-corrected chi connectivity index (χ2v) is 16.8. The highest BCUT2D eigenvalue weighted by Gasteiger charge is 2.81. The lowest BCUT2D eigenvalue weighted by Gasteiger charge is -2.64. The first-order valence-corrected chi connectivity index (χ1v) is 20.0. The number of benzene rings is 3. The van der Waals surface area contributed by atoms with Gasteiger partial charge in [0.15, 0.2) is 11.0 Å². The highest BCUT2D eigenvalue weighted by Crippen LogP contribution is 2.74. The third-order valence-electron chi connectivity index (χ3n) is 12.5. The van der Waals surface area contributed by atoms with Crippen molar-refractivity contribution in [3.63, 3.8) is 0 Å². The molecule has 1 aliphatic carbocycles. The quantitative estimate of drug-likeness (QED) is 0.0561. The molecule has 2 fully saturated rings. The summed E-state index contributed by atoms with van der Waals surface area (Å²) in [4.78, 5) is 21.1. The zero-order chi connectivity index (χ0) is 40.7. The smallest absolute Gasteiger partial charge is 0.237 e. The van der Waals surface area contributed by atoms with E-state index in [1.165, 1.54) is 12.3 Å². The van der Waals surface area contributed by atoms with Gasteiger partial charge >= 0.3 is 0 Å². The second-order valence-electron chi connectivity index (χ2n) is 16.0. The molecule has 1 aromatic heterocycles. The molecule has 2 spiro atoms. The van der Waals surface area contributed by atoms with Gasteiger partial charge < -0.3 is 25.7 Å². The highest BCUT2D eigenvalue weighted by atomic mass is 35.5. The molecule has 0 bridgehead atoms. The average Bonchev–Trinajstić information content (AvgIpc) is 3.63. The standard InChI is InChI=1S/C43H47Cl2F3N4O5/c1-25(54)9-8-14-29(20-53)50-39(56)36-33(30-17-18-49-38(45)34(30)48)43(31-16-15-28(44)19-32(31)51-40(43)57)42(21-41(22-42,23-46)24-47)52(36)35(26-10-4-2-5-11-26)37(55)27-12-6-3-7-13-27/h2-7,10-13,15-19,25,29,33,35-37,39,50,53-56H,8-9,14,20-24H2,1H3,(H,51,57)/t25-,29?,33+,35-,36-,37+,39?,43-/m1/s1. The molecule has 2 aliphatic heterocycles. The number of amides is 1. The summed E-state index contributed by atoms with van der Waals surface area (Å²) >= 11 is 12.9. The lowest BCUT2D eigenvalue weighted by Crippen LogP contribution is -2.72. The lowest BCUT2D eigenvalue weighted by molar-refractivity contribution is -0.169. The Morgan fingerprint density at radius 1 is 0.947 bits per heavy atom. The molecule has 0 radical (unpaired) electrons. The molecule has 7 rings (SSSR count). The van der Waals surface area contributed by atoms with Crippen molar-refractivity contribution in [2.75, 3.05) is 25.3 Å². The molecule has 3 heterocycles. The zero-order valence-corrected chi connectivity index (χ0v) is 32.9. The summed E-state index contributed by atoms with van der Waals surface area (Å²) in [5.74, 6) is -2.92. The van der Waals surface area contributed by atoms with Gasteiger partial charge in [0, 0.05) is 39.8 Å². The number of likely N-dealkylation sites (tertiary alicyclic amines) is 1. The molecule has 304 valence electrons. The number of carbonyl (C=O) groups excluding carboxylic acids is 1. The number of halogens is 5. The van der Waals surface area contributed by atoms with Crippen molar-refractivity contribution in [2.24, 2.45) is 5.41 Å². The minimum Gasteiger partial charge on any atom is -0.395 e. The fourth-order valence-corrected chi connectivity index (χ4v) is 10.6. The first kappa shape index (κ1) is 41.6. The highest BCUT2D eigenvalue weighted by molar-refractivity contribution is 6.31. The van der Waals surface area contributed by atoms with Crippen LogP contribution in [0.2, 0.25) is 10.2 Å². The van der Waals surface area contributed by atoms with Crippen molar-refractivity contribution < 1.29 is 38.4 Å². The number of fused-ring (bicyclic) bond motifs is 3. The van der Waals surface area contributed by atoms with Gasteiger partial charge in [-0.15, -0.1) is 0 Å². The van der Waals surface area contributed by atoms with Crippen molar-refractivity contribution in [3.05, 3.63) is 129 Å². The summed E-state index contributed by atoms with van der Waals surface area (Å²) in [6.07, 6.45) is -1.63. The van der Waals surface area contributed by atoms with Crippen LogP contribution >= 0.6 is 23.2 Å². The Morgan fingerprint density at radius 2 is 1.60 bits per heavy atom. The first-order valence-electron chi connectivity index (χ1n) is 19.2. The summed E-state index contributed by atoms with van der Waals surface area (Å²) in [7, 11) is 0. The van der Waals surface area contributed by atoms with Crippen LogP contribution < -0.4 is 10.6 Å². The van der Waals surface area contributed by atoms with Crippen LogP contribution in [0.1, 0.15) is 79.3 Å². The van der Waals surface area contributed by atoms with E-state index in [-0.39, 0.29) is 18.4 Å². The maximum absolute atomic E-state index is 16.9. The fourth-order valence-electron chi connectivity index (χ4n) is 10.2. The monoisotopic (exact) mass is 826 g/mol. The Bertz CT molecular complexity index is 2040. The molecule has 14 heteroatoms. The third-order valence-corrected chi connectivity index (χ3v) is 13.0. The van der Waals surface area contributed by atoms with E-state index >= 15 is 18.0 Å². The Balaban J connectivity index is 1.57. The molecule has 1 amide bonds. The van der Waals surface area contributed by atoms with E-state index in [1.807, 2.05) is 0 Å². The number of rotatable bonds is 15. The van der Waals surface area contributed by atoms with Crippen molar-refractivity contribution in [3.8, 4) is 0 Å². The number of nitrogens with zero attached hydrogens (tertiary/aromatic N) is 2. The third kappa shape index (κ3) is 6.95. The summed E-state index contributed by atoms with van der Waals surface area (Å²) in [5, 5.41) is 52.0. The molecule has 9 nitrogen and oxygen atoms in total. The van der Waals surface area contributed by atoms with E-state index in [0.717, 1.165) is 0 Å². The van der Waals surface area contributed by atoms with Gasteiger partial charge in [0.2, 0.25) is 5.91 Å². The Labute approximate surface area is 339 Å². The zero-order valence-electron chi connectivity index (χ0n) is 31.3. The van der Waals surface area contributed by atoms with Gasteiger partial charge in [-0.2, -0.15) is 0 Å². The molecular formula is C43H47Cl2F3N4O5. The van der Waals surface area contributed by atoms with Crippen LogP contribution in [0.4, 0.5) is 18.9 Å². The molecule has 2 unspecified atom stereocenters. The van der Waals surface area contributed by atoms with Gasteiger partial charge in [-0.05, 0) is 79.5 Å². The largest absolute Gasteiger partial charge is 0.395 e. The lowest BCUT2D eigenvalue weighted by atomic mass is 9.45. The average molecular weight is 828 g/mol. The predicted molar refractivity (Wildman–Crippen MR) is 212 cm³/mol. The maximum atomic E-state index is 16.9. The SMILES string of the molecule is C[C@@H](O)CCCC(CO)NC(O)[C@H]1[C@H](c2ccnc(Cl)c2F)[C@]2(C(=O)Nc3cc(Cl)ccc32)C2(CC(CF)(CF)C2)N1[C@H](c1ccccc1)[C@@H](O)c1ccccc1. The molecule has 57 heavy (non-hydrogen) atoms. The molecule has 1 saturated carbocycles. The number of hydrogen-bond acceptors (Lipinski definition) is 8. The number of hydrogen-bond donors (Lipinski definition) is 6. The Morgan fingerprint density at radius 3 is 2.21 bits per heavy atom. The number of anilines is 1. The summed E-state index contributed by atoms with van der Waals surface area (Å²) in [6.45, 7) is -0.910. The molecule has 3 aliphatic rings. The molecule has 1 saturated heterocycles. The molecule has 6 N–H and O–H groups in total. The van der Waals surface area contributed by atoms with Crippen LogP contribution in [0, 0.1) is 11.2 Å². The number of alkyl halides is 2. The van der Waals surface area contributed by atoms with Gasteiger partial charge in [-0.1, -0.05) is 89.9 Å². The number of carbonyl (C=O) groups is 1. The number of aliphatic hydroxyl groups excluding tert-OH is 4. The van der Waals surface area contributed by atoms with Crippen LogP contribution in [0.3, 0.4) is 0 Å². The summed E-state index contributed by atoms with van der Waals surface area (Å²) < 4.78 is 47.5. The minimum absolute atomic E-state index is 0.0886. The summed E-state index contributed by atoms with van der Waals surface area (Å²) in [5.41, 5.74) is -3.42. The normalized spacial score (nSPS) is 24.8. The number of nitrogens with one attached hydrogen (secondary N) is 2. The van der Waals surface area contributed by atoms with Crippen molar-refractivity contribution in [1.82, 2.24) is 15.2 Å². The molecule has 4 aromatic rings. The molecule has 8 atom stereocenters. The number of aliphatic hydroxyl groups is 4. The molecular weight excluding hydrogens is 780 g/mol. The van der Waals surface area contributed by atoms with Crippen LogP contribution in [0.15, 0.2) is 91.1 Å². The van der Waals surface area contributed by atoms with E-state index in [4.69, 9.17) is 23.2 Å². The number of pyridine rings is 1. The van der Waals surface area contributed by atoms with Crippen LogP contribution in [-0.4, -0.2) is 86.1 Å². The van der Waals surface area contributed by atoms with E-state index in [9.17, 15) is 20.4 Å².